The summed E-state index contributed by atoms with van der Waals surface area (Å²) in [4.78, 5) is 17.6. The molecule has 0 aliphatic carbocycles. The van der Waals surface area contributed by atoms with Crippen LogP contribution in [0.15, 0.2) is 12.1 Å². The first kappa shape index (κ1) is 19.7. The Kier molecular flexibility index (Phi) is 6.05. The lowest BCUT2D eigenvalue weighted by molar-refractivity contribution is -0.0529. The molecule has 0 radical (unpaired) electrons. The van der Waals surface area contributed by atoms with E-state index in [1.165, 1.54) is 17.0 Å². The van der Waals surface area contributed by atoms with Crippen molar-refractivity contribution in [2.45, 2.75) is 58.0 Å². The smallest absolute Gasteiger partial charge is 0.410 e. The van der Waals surface area contributed by atoms with E-state index in [1.54, 1.807) is 20.8 Å². The summed E-state index contributed by atoms with van der Waals surface area (Å²) < 4.78 is 34.2. The van der Waals surface area contributed by atoms with E-state index in [0.29, 0.717) is 24.9 Å². The number of halogens is 3. The third-order valence-electron chi connectivity index (χ3n) is 3.61. The average molecular weight is 379 g/mol. The van der Waals surface area contributed by atoms with Crippen LogP contribution in [0.5, 0.6) is 5.88 Å². The Morgan fingerprint density at radius 2 is 2.12 bits per heavy atom. The number of nitrogens with zero attached hydrogens (tertiary/aromatic N) is 2. The zero-order valence-electron chi connectivity index (χ0n) is 14.2. The molecule has 0 spiro atoms. The lowest BCUT2D eigenvalue weighted by Gasteiger charge is -2.39. The summed E-state index contributed by atoms with van der Waals surface area (Å²) in [6, 6.07) is 1.87. The summed E-state index contributed by atoms with van der Waals surface area (Å²) in [5.74, 6) is -0.335. The lowest BCUT2D eigenvalue weighted by atomic mass is 9.94. The van der Waals surface area contributed by atoms with Crippen molar-refractivity contribution in [1.29, 1.82) is 0 Å². The Labute approximate surface area is 149 Å². The number of hydrogen-bond acceptors (Lipinski definition) is 5. The van der Waals surface area contributed by atoms with Crippen LogP contribution in [0.2, 0.25) is 5.15 Å². The van der Waals surface area contributed by atoms with Gasteiger partial charge in [0.05, 0.1) is 12.1 Å². The molecule has 2 atom stereocenters. The predicted octanol–water partition coefficient (Wildman–Crippen LogP) is 3.77. The van der Waals surface area contributed by atoms with Crippen LogP contribution < -0.4 is 4.74 Å². The number of likely N-dealkylation sites (tertiary alicyclic amines) is 1. The number of aromatic nitrogens is 1. The molecule has 0 unspecified atom stereocenters. The second kappa shape index (κ2) is 7.70. The molecule has 1 aromatic heterocycles. The van der Waals surface area contributed by atoms with Gasteiger partial charge in [-0.05, 0) is 39.7 Å². The monoisotopic (exact) mass is 378 g/mol. The molecule has 25 heavy (non-hydrogen) atoms. The van der Waals surface area contributed by atoms with Crippen molar-refractivity contribution in [3.8, 4) is 5.88 Å². The van der Waals surface area contributed by atoms with E-state index >= 15 is 0 Å². The number of piperidine rings is 1. The third-order valence-corrected chi connectivity index (χ3v) is 3.91. The van der Waals surface area contributed by atoms with Gasteiger partial charge in [-0.15, -0.1) is 0 Å². The standard InChI is InChI=1S/C16H21ClF2N2O4/c1-16(2,3)25-15(23)21-8-4-5-10(22)12(21)9-6-7-11(20-13(9)17)24-14(18)19/h6-7,10,12,14,22H,4-5,8H2,1-3H3/t10-,12-/m0/s1. The van der Waals surface area contributed by atoms with E-state index in [1.807, 2.05) is 0 Å². The Balaban J connectivity index is 2.30. The zero-order chi connectivity index (χ0) is 18.8. The molecular formula is C16H21ClF2N2O4. The molecule has 2 heterocycles. The van der Waals surface area contributed by atoms with Gasteiger partial charge in [-0.1, -0.05) is 11.6 Å². The van der Waals surface area contributed by atoms with Crippen molar-refractivity contribution in [2.75, 3.05) is 6.54 Å². The molecule has 0 aromatic carbocycles. The highest BCUT2D eigenvalue weighted by atomic mass is 35.5. The van der Waals surface area contributed by atoms with E-state index in [4.69, 9.17) is 16.3 Å². The summed E-state index contributed by atoms with van der Waals surface area (Å²) in [5, 5.41) is 10.3. The summed E-state index contributed by atoms with van der Waals surface area (Å²) in [6.45, 7) is 2.58. The van der Waals surface area contributed by atoms with Gasteiger partial charge in [-0.2, -0.15) is 8.78 Å². The Morgan fingerprint density at radius 1 is 1.44 bits per heavy atom. The fraction of sp³-hybridized carbons (Fsp3) is 0.625. The molecule has 0 saturated carbocycles. The van der Waals surface area contributed by atoms with E-state index < -0.39 is 30.5 Å². The van der Waals surface area contributed by atoms with Gasteiger partial charge in [-0.25, -0.2) is 9.78 Å². The van der Waals surface area contributed by atoms with E-state index in [-0.39, 0.29) is 11.0 Å². The molecular weight excluding hydrogens is 358 g/mol. The first-order chi connectivity index (χ1) is 11.6. The third kappa shape index (κ3) is 5.15. The molecule has 2 rings (SSSR count). The van der Waals surface area contributed by atoms with Crippen LogP contribution in [0.4, 0.5) is 13.6 Å². The van der Waals surface area contributed by atoms with E-state index in [2.05, 4.69) is 9.72 Å². The van der Waals surface area contributed by atoms with Gasteiger partial charge in [0.1, 0.15) is 10.8 Å². The summed E-state index contributed by atoms with van der Waals surface area (Å²) in [7, 11) is 0. The minimum absolute atomic E-state index is 0.113. The maximum Gasteiger partial charge on any atom is 0.410 e. The maximum absolute atomic E-state index is 12.5. The van der Waals surface area contributed by atoms with Gasteiger partial charge in [-0.3, -0.25) is 4.90 Å². The van der Waals surface area contributed by atoms with Gasteiger partial charge in [0, 0.05) is 18.2 Å². The summed E-state index contributed by atoms with van der Waals surface area (Å²) in [5.41, 5.74) is -0.345. The van der Waals surface area contributed by atoms with Crippen LogP contribution >= 0.6 is 11.6 Å². The first-order valence-corrected chi connectivity index (χ1v) is 8.25. The van der Waals surface area contributed by atoms with Crippen molar-refractivity contribution >= 4 is 17.7 Å². The highest BCUT2D eigenvalue weighted by molar-refractivity contribution is 6.30. The first-order valence-electron chi connectivity index (χ1n) is 7.87. The number of alkyl halides is 2. The number of aliphatic hydroxyl groups excluding tert-OH is 1. The second-order valence-corrected chi connectivity index (χ2v) is 7.09. The average Bonchev–Trinajstić information content (AvgIpc) is 2.45. The topological polar surface area (TPSA) is 71.9 Å². The molecule has 140 valence electrons. The number of aliphatic hydroxyl groups is 1. The summed E-state index contributed by atoms with van der Waals surface area (Å²) >= 11 is 6.09. The normalized spacial score (nSPS) is 21.4. The van der Waals surface area contributed by atoms with Crippen LogP contribution in [-0.2, 0) is 4.74 Å². The minimum atomic E-state index is -3.02. The largest absolute Gasteiger partial charge is 0.444 e. The van der Waals surface area contributed by atoms with Crippen molar-refractivity contribution in [2.24, 2.45) is 0 Å². The molecule has 1 N–H and O–H groups in total. The highest BCUT2D eigenvalue weighted by Gasteiger charge is 2.38. The molecule has 6 nitrogen and oxygen atoms in total. The van der Waals surface area contributed by atoms with Crippen LogP contribution in [0.1, 0.15) is 45.2 Å². The number of ether oxygens (including phenoxy) is 2. The molecule has 1 aromatic rings. The number of pyridine rings is 1. The molecule has 1 saturated heterocycles. The zero-order valence-corrected chi connectivity index (χ0v) is 15.0. The quantitative estimate of drug-likeness (QED) is 0.810. The van der Waals surface area contributed by atoms with E-state index in [0.717, 1.165) is 0 Å². The fourth-order valence-corrected chi connectivity index (χ4v) is 2.94. The number of amides is 1. The Morgan fingerprint density at radius 3 is 2.68 bits per heavy atom. The molecule has 0 bridgehead atoms. The van der Waals surface area contributed by atoms with Crippen LogP contribution in [0, 0.1) is 0 Å². The molecule has 1 aliphatic rings. The second-order valence-electron chi connectivity index (χ2n) is 6.74. The van der Waals surface area contributed by atoms with Gasteiger partial charge >= 0.3 is 12.7 Å². The maximum atomic E-state index is 12.5. The van der Waals surface area contributed by atoms with Gasteiger partial charge in [0.25, 0.3) is 0 Å². The van der Waals surface area contributed by atoms with Crippen LogP contribution in [-0.4, -0.2) is 45.9 Å². The molecule has 1 amide bonds. The number of rotatable bonds is 3. The van der Waals surface area contributed by atoms with Crippen LogP contribution in [0.25, 0.3) is 0 Å². The fourth-order valence-electron chi connectivity index (χ4n) is 2.68. The minimum Gasteiger partial charge on any atom is -0.444 e. The number of carbonyl (C=O) groups excluding carboxylic acids is 1. The van der Waals surface area contributed by atoms with Gasteiger partial charge in [0.15, 0.2) is 0 Å². The molecule has 1 fully saturated rings. The van der Waals surface area contributed by atoms with Gasteiger partial charge in [0.2, 0.25) is 5.88 Å². The molecule has 9 heteroatoms. The SMILES string of the molecule is CC(C)(C)OC(=O)N1CCC[C@H](O)[C@@H]1c1ccc(OC(F)F)nc1Cl. The summed E-state index contributed by atoms with van der Waals surface area (Å²) in [6.07, 6.45) is -0.382. The van der Waals surface area contributed by atoms with Crippen molar-refractivity contribution < 1.29 is 28.2 Å². The number of carbonyl (C=O) groups is 1. The van der Waals surface area contributed by atoms with Crippen molar-refractivity contribution in [3.63, 3.8) is 0 Å². The van der Waals surface area contributed by atoms with Crippen LogP contribution in [0.3, 0.4) is 0 Å². The predicted molar refractivity (Wildman–Crippen MR) is 86.8 cm³/mol. The lowest BCUT2D eigenvalue weighted by Crippen LogP contribution is -2.47. The Bertz CT molecular complexity index is 625. The van der Waals surface area contributed by atoms with Crippen molar-refractivity contribution in [1.82, 2.24) is 9.88 Å². The number of hydrogen-bond donors (Lipinski definition) is 1. The Hall–Kier alpha value is -1.67. The van der Waals surface area contributed by atoms with Gasteiger partial charge < -0.3 is 14.6 Å². The van der Waals surface area contributed by atoms with E-state index in [9.17, 15) is 18.7 Å². The molecule has 1 aliphatic heterocycles. The highest BCUT2D eigenvalue weighted by Crippen LogP contribution is 2.36. The van der Waals surface area contributed by atoms with Crippen molar-refractivity contribution in [3.05, 3.63) is 22.8 Å².